The fourth-order valence-corrected chi connectivity index (χ4v) is 4.46. The molecule has 2 aromatic carbocycles. The minimum atomic E-state index is -4.35. The Morgan fingerprint density at radius 2 is 1.79 bits per heavy atom. The molecule has 0 spiro atoms. The average molecular weight is 419 g/mol. The topological polar surface area (TPSA) is 36.4 Å². The number of anilines is 1. The number of carbonyl (C=O) groups is 1. The van der Waals surface area contributed by atoms with Crippen LogP contribution < -0.4 is 4.90 Å². The number of hydrogen-bond donors (Lipinski definition) is 0. The zero-order valence-corrected chi connectivity index (χ0v) is 16.5. The third-order valence-electron chi connectivity index (χ3n) is 5.06. The van der Waals surface area contributed by atoms with Gasteiger partial charge in [0.15, 0.2) is 0 Å². The predicted octanol–water partition coefficient (Wildman–Crippen LogP) is 4.60. The maximum absolute atomic E-state index is 12.9. The number of thiazole rings is 1. The molecule has 1 aliphatic heterocycles. The van der Waals surface area contributed by atoms with Crippen LogP contribution in [0.15, 0.2) is 48.5 Å². The van der Waals surface area contributed by atoms with Gasteiger partial charge < -0.3 is 9.80 Å². The fraction of sp³-hybridized carbons (Fsp3) is 0.333. The number of nitrogens with zero attached hydrogens (tertiary/aromatic N) is 3. The molecule has 1 amide bonds. The van der Waals surface area contributed by atoms with E-state index in [-0.39, 0.29) is 5.91 Å². The molecule has 0 radical (unpaired) electrons. The molecule has 152 valence electrons. The van der Waals surface area contributed by atoms with Crippen LogP contribution in [0.5, 0.6) is 0 Å². The van der Waals surface area contributed by atoms with Crippen LogP contribution in [0, 0.1) is 0 Å². The van der Waals surface area contributed by atoms with E-state index in [1.807, 2.05) is 29.2 Å². The molecule has 4 rings (SSSR count). The van der Waals surface area contributed by atoms with Gasteiger partial charge in [-0.1, -0.05) is 18.2 Å². The number of benzene rings is 2. The second-order valence-corrected chi connectivity index (χ2v) is 8.11. The number of carbonyl (C=O) groups excluding carboxylic acids is 1. The van der Waals surface area contributed by atoms with Crippen molar-refractivity contribution < 1.29 is 18.0 Å². The molecule has 3 aromatic rings. The molecular weight excluding hydrogens is 399 g/mol. The normalized spacial score (nSPS) is 15.1. The van der Waals surface area contributed by atoms with Gasteiger partial charge in [-0.25, -0.2) is 4.98 Å². The molecule has 4 nitrogen and oxygen atoms in total. The van der Waals surface area contributed by atoms with Crippen molar-refractivity contribution in [1.29, 1.82) is 0 Å². The first-order valence-corrected chi connectivity index (χ1v) is 10.3. The number of amides is 1. The number of aromatic nitrogens is 1. The van der Waals surface area contributed by atoms with Crippen LogP contribution in [0.25, 0.3) is 10.2 Å². The summed E-state index contributed by atoms with van der Waals surface area (Å²) in [6.07, 6.45) is -3.36. The summed E-state index contributed by atoms with van der Waals surface area (Å²) in [7, 11) is 0. The molecule has 8 heteroatoms. The SMILES string of the molecule is O=C(CCc1nc2ccccc2s1)N1CCN(c2cccc(C(F)(F)F)c2)CC1. The zero-order valence-electron chi connectivity index (χ0n) is 15.7. The van der Waals surface area contributed by atoms with E-state index in [1.165, 1.54) is 12.1 Å². The van der Waals surface area contributed by atoms with Crippen molar-refractivity contribution in [3.8, 4) is 0 Å². The number of fused-ring (bicyclic) bond motifs is 1. The molecule has 1 aromatic heterocycles. The van der Waals surface area contributed by atoms with E-state index in [0.29, 0.717) is 44.7 Å². The number of para-hydroxylation sites is 1. The standard InChI is InChI=1S/C21H20F3N3OS/c22-21(23,24)15-4-3-5-16(14-15)26-10-12-27(13-11-26)20(28)9-8-19-25-17-6-1-2-7-18(17)29-19/h1-7,14H,8-13H2. The highest BCUT2D eigenvalue weighted by Crippen LogP contribution is 2.32. The minimum absolute atomic E-state index is 0.0629. The van der Waals surface area contributed by atoms with Gasteiger partial charge >= 0.3 is 6.18 Å². The molecule has 0 aliphatic carbocycles. The Labute approximate surface area is 170 Å². The minimum Gasteiger partial charge on any atom is -0.368 e. The van der Waals surface area contributed by atoms with Crippen LogP contribution in [0.1, 0.15) is 17.0 Å². The van der Waals surface area contributed by atoms with Crippen LogP contribution >= 0.6 is 11.3 Å². The van der Waals surface area contributed by atoms with E-state index in [4.69, 9.17) is 0 Å². The third kappa shape index (κ3) is 4.53. The van der Waals surface area contributed by atoms with Crippen molar-refractivity contribution in [2.75, 3.05) is 31.1 Å². The summed E-state index contributed by atoms with van der Waals surface area (Å²) in [4.78, 5) is 20.8. The number of hydrogen-bond acceptors (Lipinski definition) is 4. The first-order chi connectivity index (χ1) is 13.9. The summed E-state index contributed by atoms with van der Waals surface area (Å²) in [5.41, 5.74) is 0.848. The lowest BCUT2D eigenvalue weighted by molar-refractivity contribution is -0.137. The molecule has 0 atom stereocenters. The van der Waals surface area contributed by atoms with Gasteiger partial charge in [-0.2, -0.15) is 13.2 Å². The van der Waals surface area contributed by atoms with E-state index in [9.17, 15) is 18.0 Å². The molecule has 1 aliphatic rings. The average Bonchev–Trinajstić information content (AvgIpc) is 3.15. The summed E-state index contributed by atoms with van der Waals surface area (Å²) in [6, 6.07) is 13.2. The summed E-state index contributed by atoms with van der Waals surface area (Å²) < 4.78 is 39.9. The van der Waals surface area contributed by atoms with Crippen LogP contribution in [-0.4, -0.2) is 42.0 Å². The molecule has 0 bridgehead atoms. The van der Waals surface area contributed by atoms with Gasteiger partial charge in [-0.15, -0.1) is 11.3 Å². The van der Waals surface area contributed by atoms with Crippen molar-refractivity contribution in [2.24, 2.45) is 0 Å². The Morgan fingerprint density at radius 3 is 2.52 bits per heavy atom. The molecule has 29 heavy (non-hydrogen) atoms. The maximum atomic E-state index is 12.9. The van der Waals surface area contributed by atoms with Gasteiger partial charge in [0.25, 0.3) is 0 Å². The highest BCUT2D eigenvalue weighted by atomic mass is 32.1. The lowest BCUT2D eigenvalue weighted by Crippen LogP contribution is -2.48. The zero-order chi connectivity index (χ0) is 20.4. The van der Waals surface area contributed by atoms with Crippen LogP contribution in [0.4, 0.5) is 18.9 Å². The van der Waals surface area contributed by atoms with Crippen LogP contribution in [-0.2, 0) is 17.4 Å². The molecule has 0 unspecified atom stereocenters. The molecule has 0 saturated carbocycles. The number of alkyl halides is 3. The number of halogens is 3. The first-order valence-electron chi connectivity index (χ1n) is 9.44. The monoisotopic (exact) mass is 419 g/mol. The van der Waals surface area contributed by atoms with Gasteiger partial charge in [-0.3, -0.25) is 4.79 Å². The molecule has 0 N–H and O–H groups in total. The molecular formula is C21H20F3N3OS. The summed E-state index contributed by atoms with van der Waals surface area (Å²) >= 11 is 1.60. The highest BCUT2D eigenvalue weighted by Gasteiger charge is 2.31. The molecule has 1 fully saturated rings. The Hall–Kier alpha value is -2.61. The van der Waals surface area contributed by atoms with Gasteiger partial charge in [0.05, 0.1) is 20.8 Å². The lowest BCUT2D eigenvalue weighted by Gasteiger charge is -2.36. The Morgan fingerprint density at radius 1 is 1.03 bits per heavy atom. The largest absolute Gasteiger partial charge is 0.416 e. The van der Waals surface area contributed by atoms with Crippen molar-refractivity contribution in [1.82, 2.24) is 9.88 Å². The van der Waals surface area contributed by atoms with E-state index < -0.39 is 11.7 Å². The maximum Gasteiger partial charge on any atom is 0.416 e. The number of rotatable bonds is 4. The van der Waals surface area contributed by atoms with E-state index in [1.54, 1.807) is 22.3 Å². The highest BCUT2D eigenvalue weighted by molar-refractivity contribution is 7.18. The second-order valence-electron chi connectivity index (χ2n) is 6.99. The third-order valence-corrected chi connectivity index (χ3v) is 6.16. The van der Waals surface area contributed by atoms with Crippen molar-refractivity contribution in [3.63, 3.8) is 0 Å². The van der Waals surface area contributed by atoms with Gasteiger partial charge in [-0.05, 0) is 30.3 Å². The van der Waals surface area contributed by atoms with Crippen molar-refractivity contribution in [2.45, 2.75) is 19.0 Å². The summed E-state index contributed by atoms with van der Waals surface area (Å²) in [6.45, 7) is 2.06. The number of aryl methyl sites for hydroxylation is 1. The predicted molar refractivity (Wildman–Crippen MR) is 108 cm³/mol. The number of piperazine rings is 1. The second kappa shape index (κ2) is 8.02. The van der Waals surface area contributed by atoms with Crippen LogP contribution in [0.2, 0.25) is 0 Å². The molecule has 2 heterocycles. The lowest BCUT2D eigenvalue weighted by atomic mass is 10.1. The molecule has 1 saturated heterocycles. The van der Waals surface area contributed by atoms with Gasteiger partial charge in [0.1, 0.15) is 0 Å². The van der Waals surface area contributed by atoms with Gasteiger partial charge in [0, 0.05) is 44.7 Å². The van der Waals surface area contributed by atoms with Gasteiger partial charge in [0.2, 0.25) is 5.91 Å². The van der Waals surface area contributed by atoms with E-state index >= 15 is 0 Å². The summed E-state index contributed by atoms with van der Waals surface area (Å²) in [5.74, 6) is 0.0629. The van der Waals surface area contributed by atoms with E-state index in [2.05, 4.69) is 4.98 Å². The first kappa shape index (κ1) is 19.7. The van der Waals surface area contributed by atoms with E-state index in [0.717, 1.165) is 21.3 Å². The Kier molecular flexibility index (Phi) is 5.45. The summed E-state index contributed by atoms with van der Waals surface area (Å²) in [5, 5.41) is 0.946. The Balaban J connectivity index is 1.31. The van der Waals surface area contributed by atoms with Crippen molar-refractivity contribution in [3.05, 3.63) is 59.1 Å². The quantitative estimate of drug-likeness (QED) is 0.620. The fourth-order valence-electron chi connectivity index (χ4n) is 3.49. The Bertz CT molecular complexity index is 977. The smallest absolute Gasteiger partial charge is 0.368 e. The van der Waals surface area contributed by atoms with Crippen LogP contribution in [0.3, 0.4) is 0 Å². The van der Waals surface area contributed by atoms with Crippen molar-refractivity contribution >= 4 is 33.1 Å².